The van der Waals surface area contributed by atoms with E-state index in [2.05, 4.69) is 25.7 Å². The van der Waals surface area contributed by atoms with Gasteiger partial charge in [0.15, 0.2) is 0 Å². The minimum Gasteiger partial charge on any atom is -0.440 e. The van der Waals surface area contributed by atoms with E-state index in [-0.39, 0.29) is 18.2 Å². The lowest BCUT2D eigenvalue weighted by Gasteiger charge is -2.14. The maximum atomic E-state index is 10.8. The lowest BCUT2D eigenvalue weighted by atomic mass is 10.0. The molecule has 1 heterocycles. The molecule has 2 atom stereocenters. The highest BCUT2D eigenvalue weighted by atomic mass is 16.6. The molecule has 0 bridgehead atoms. The third-order valence-electron chi connectivity index (χ3n) is 1.90. The first-order chi connectivity index (χ1) is 5.63. The van der Waals surface area contributed by atoms with Crippen molar-refractivity contribution in [1.82, 2.24) is 5.32 Å². The molecule has 0 aromatic rings. The molecule has 3 heteroatoms. The Morgan fingerprint density at radius 1 is 1.75 bits per heavy atom. The number of ether oxygens (including phenoxy) is 1. The number of alkyl carbamates (subject to hydrolysis) is 1. The van der Waals surface area contributed by atoms with E-state index in [0.29, 0.717) is 5.92 Å². The number of carbonyl (C=O) groups excluding carboxylic acids is 1. The van der Waals surface area contributed by atoms with Gasteiger partial charge in [-0.15, -0.1) is 0 Å². The van der Waals surface area contributed by atoms with Crippen LogP contribution >= 0.6 is 0 Å². The molecule has 0 aromatic heterocycles. The Morgan fingerprint density at radius 3 is 2.92 bits per heavy atom. The number of cyclic esters (lactones) is 1. The molecule has 1 fully saturated rings. The van der Waals surface area contributed by atoms with Gasteiger partial charge >= 0.3 is 6.09 Å². The van der Waals surface area contributed by atoms with Crippen molar-refractivity contribution in [3.8, 4) is 0 Å². The first-order valence-electron chi connectivity index (χ1n) is 4.23. The first-order valence-corrected chi connectivity index (χ1v) is 4.23. The topological polar surface area (TPSA) is 38.3 Å². The highest BCUT2D eigenvalue weighted by Gasteiger charge is 2.31. The Kier molecular flexibility index (Phi) is 2.74. The van der Waals surface area contributed by atoms with Gasteiger partial charge in [0.2, 0.25) is 0 Å². The molecule has 0 aromatic carbocycles. The van der Waals surface area contributed by atoms with Crippen molar-refractivity contribution in [3.05, 3.63) is 12.7 Å². The van der Waals surface area contributed by atoms with Crippen LogP contribution < -0.4 is 5.32 Å². The summed E-state index contributed by atoms with van der Waals surface area (Å²) in [6.07, 6.45) is 2.12. The number of carbonyl (C=O) groups is 1. The average molecular weight is 169 g/mol. The smallest absolute Gasteiger partial charge is 0.408 e. The maximum Gasteiger partial charge on any atom is 0.408 e. The van der Waals surface area contributed by atoms with Gasteiger partial charge in [0, 0.05) is 0 Å². The van der Waals surface area contributed by atoms with Crippen LogP contribution in [0.1, 0.15) is 20.3 Å². The van der Waals surface area contributed by atoms with E-state index in [1.54, 1.807) is 6.08 Å². The lowest BCUT2D eigenvalue weighted by molar-refractivity contribution is 0.151. The Labute approximate surface area is 72.8 Å². The molecule has 12 heavy (non-hydrogen) atoms. The van der Waals surface area contributed by atoms with Crippen LogP contribution in [0.5, 0.6) is 0 Å². The Morgan fingerprint density at radius 2 is 2.42 bits per heavy atom. The van der Waals surface area contributed by atoms with Crippen molar-refractivity contribution >= 4 is 6.09 Å². The van der Waals surface area contributed by atoms with Gasteiger partial charge in [-0.1, -0.05) is 20.4 Å². The van der Waals surface area contributed by atoms with Crippen molar-refractivity contribution in [1.29, 1.82) is 0 Å². The number of nitrogens with one attached hydrogen (secondary N) is 1. The summed E-state index contributed by atoms with van der Waals surface area (Å²) < 4.78 is 4.96. The average Bonchev–Trinajstić information content (AvgIpc) is 2.29. The summed E-state index contributed by atoms with van der Waals surface area (Å²) in [5.74, 6) is 0.555. The lowest BCUT2D eigenvalue weighted by Crippen LogP contribution is -2.31. The minimum atomic E-state index is -0.328. The predicted molar refractivity (Wildman–Crippen MR) is 46.8 cm³/mol. The quantitative estimate of drug-likeness (QED) is 0.653. The summed E-state index contributed by atoms with van der Waals surface area (Å²) in [7, 11) is 0. The van der Waals surface area contributed by atoms with Crippen molar-refractivity contribution < 1.29 is 9.53 Å². The second kappa shape index (κ2) is 3.61. The Hall–Kier alpha value is -0.990. The van der Waals surface area contributed by atoms with Gasteiger partial charge in [-0.3, -0.25) is 0 Å². The van der Waals surface area contributed by atoms with Gasteiger partial charge in [-0.2, -0.15) is 0 Å². The van der Waals surface area contributed by atoms with E-state index in [0.717, 1.165) is 6.42 Å². The van der Waals surface area contributed by atoms with Crippen molar-refractivity contribution in [2.45, 2.75) is 32.4 Å². The molecule has 68 valence electrons. The van der Waals surface area contributed by atoms with Crippen molar-refractivity contribution in [2.75, 3.05) is 0 Å². The van der Waals surface area contributed by atoms with Crippen LogP contribution in [0.15, 0.2) is 12.7 Å². The number of hydrogen-bond acceptors (Lipinski definition) is 2. The molecule has 0 spiro atoms. The summed E-state index contributed by atoms with van der Waals surface area (Å²) in [4.78, 5) is 10.8. The highest BCUT2D eigenvalue weighted by Crippen LogP contribution is 2.16. The largest absolute Gasteiger partial charge is 0.440 e. The zero-order chi connectivity index (χ0) is 9.14. The van der Waals surface area contributed by atoms with E-state index < -0.39 is 0 Å². The van der Waals surface area contributed by atoms with E-state index in [1.807, 2.05) is 0 Å². The fraction of sp³-hybridized carbons (Fsp3) is 0.667. The molecule has 3 nitrogen and oxygen atoms in total. The summed E-state index contributed by atoms with van der Waals surface area (Å²) in [5.41, 5.74) is 0. The monoisotopic (exact) mass is 169 g/mol. The van der Waals surface area contributed by atoms with Gasteiger partial charge in [-0.05, 0) is 18.4 Å². The Bertz CT molecular complexity index is 189. The van der Waals surface area contributed by atoms with Crippen LogP contribution in [0.4, 0.5) is 4.79 Å². The van der Waals surface area contributed by atoms with Crippen LogP contribution in [0.3, 0.4) is 0 Å². The summed E-state index contributed by atoms with van der Waals surface area (Å²) in [5, 5.41) is 2.75. The zero-order valence-electron chi connectivity index (χ0n) is 7.54. The number of rotatable bonds is 3. The molecule has 1 saturated heterocycles. The molecule has 1 aliphatic heterocycles. The minimum absolute atomic E-state index is 0.106. The zero-order valence-corrected chi connectivity index (χ0v) is 7.54. The van der Waals surface area contributed by atoms with E-state index in [4.69, 9.17) is 4.74 Å². The molecule has 0 radical (unpaired) electrons. The molecule has 0 unspecified atom stereocenters. The van der Waals surface area contributed by atoms with E-state index in [9.17, 15) is 4.79 Å². The van der Waals surface area contributed by atoms with E-state index in [1.165, 1.54) is 0 Å². The van der Waals surface area contributed by atoms with Gasteiger partial charge < -0.3 is 10.1 Å². The molecular weight excluding hydrogens is 154 g/mol. The van der Waals surface area contributed by atoms with Gasteiger partial charge in [0.25, 0.3) is 0 Å². The molecule has 1 rings (SSSR count). The third-order valence-corrected chi connectivity index (χ3v) is 1.90. The SMILES string of the molecule is C=C[C@@H]1OC(=O)N[C@@H]1CC(C)C. The van der Waals surface area contributed by atoms with Gasteiger partial charge in [-0.25, -0.2) is 4.79 Å². The van der Waals surface area contributed by atoms with Crippen LogP contribution in [-0.2, 0) is 4.74 Å². The summed E-state index contributed by atoms with van der Waals surface area (Å²) in [6, 6.07) is 0.106. The van der Waals surface area contributed by atoms with Crippen LogP contribution in [-0.4, -0.2) is 18.2 Å². The summed E-state index contributed by atoms with van der Waals surface area (Å²) >= 11 is 0. The molecule has 1 aliphatic rings. The fourth-order valence-corrected chi connectivity index (χ4v) is 1.39. The second-order valence-corrected chi connectivity index (χ2v) is 3.49. The van der Waals surface area contributed by atoms with Crippen molar-refractivity contribution in [2.24, 2.45) is 5.92 Å². The third kappa shape index (κ3) is 2.00. The van der Waals surface area contributed by atoms with Crippen molar-refractivity contribution in [3.63, 3.8) is 0 Å². The number of amides is 1. The first kappa shape index (κ1) is 9.10. The van der Waals surface area contributed by atoms with Crippen LogP contribution in [0.25, 0.3) is 0 Å². The maximum absolute atomic E-state index is 10.8. The van der Waals surface area contributed by atoms with Gasteiger partial charge in [0.05, 0.1) is 6.04 Å². The van der Waals surface area contributed by atoms with Crippen LogP contribution in [0, 0.1) is 5.92 Å². The summed E-state index contributed by atoms with van der Waals surface area (Å²) in [6.45, 7) is 7.85. The van der Waals surface area contributed by atoms with Gasteiger partial charge in [0.1, 0.15) is 6.10 Å². The van der Waals surface area contributed by atoms with E-state index >= 15 is 0 Å². The molecule has 1 N–H and O–H groups in total. The normalized spacial score (nSPS) is 28.4. The standard InChI is InChI=1S/C9H15NO2/c1-4-8-7(5-6(2)3)10-9(11)12-8/h4,6-8H,1,5H2,2-3H3,(H,10,11)/t7-,8+/m1/s1. The number of hydrogen-bond donors (Lipinski definition) is 1. The Balaban J connectivity index is 2.51. The predicted octanol–water partition coefficient (Wildman–Crippen LogP) is 1.70. The van der Waals surface area contributed by atoms with Crippen LogP contribution in [0.2, 0.25) is 0 Å². The highest BCUT2D eigenvalue weighted by molar-refractivity contribution is 5.70. The molecular formula is C9H15NO2. The second-order valence-electron chi connectivity index (χ2n) is 3.49. The molecule has 0 aliphatic carbocycles. The molecule has 0 saturated carbocycles. The fourth-order valence-electron chi connectivity index (χ4n) is 1.39. The molecule has 1 amide bonds.